The Labute approximate surface area is 253 Å². The maximum Gasteiger partial charge on any atom is -0.00615 e. The molecule has 6 aromatic carbocycles. The molecule has 0 radical (unpaired) electrons. The quantitative estimate of drug-likeness (QED) is 0.168. The molecular formula is C40H36P2. The Kier molecular flexibility index (Phi) is 8.48. The predicted octanol–water partition coefficient (Wildman–Crippen LogP) is 8.10. The summed E-state index contributed by atoms with van der Waals surface area (Å²) < 4.78 is 0. The fourth-order valence-electron chi connectivity index (χ4n) is 6.06. The molecule has 6 rings (SSSR count). The van der Waals surface area contributed by atoms with Crippen molar-refractivity contribution in [2.24, 2.45) is 0 Å². The second kappa shape index (κ2) is 12.6. The molecule has 0 aliphatic rings. The first kappa shape index (κ1) is 28.3. The van der Waals surface area contributed by atoms with E-state index in [0.717, 1.165) is 0 Å². The smallest absolute Gasteiger partial charge is 0.00615 e. The zero-order valence-electron chi connectivity index (χ0n) is 24.8. The molecule has 0 spiro atoms. The van der Waals surface area contributed by atoms with E-state index in [9.17, 15) is 0 Å². The molecule has 0 aliphatic heterocycles. The van der Waals surface area contributed by atoms with Gasteiger partial charge in [-0.25, -0.2) is 0 Å². The number of hydrogen-bond acceptors (Lipinski definition) is 0. The molecule has 0 nitrogen and oxygen atoms in total. The lowest BCUT2D eigenvalue weighted by Crippen LogP contribution is -2.27. The normalized spacial score (nSPS) is 11.3. The minimum absolute atomic E-state index is 0.776. The van der Waals surface area contributed by atoms with Crippen molar-refractivity contribution >= 4 is 47.7 Å². The van der Waals surface area contributed by atoms with Gasteiger partial charge >= 0.3 is 0 Å². The van der Waals surface area contributed by atoms with Crippen LogP contribution in [0.4, 0.5) is 0 Å². The molecule has 206 valence electrons. The number of benzene rings is 6. The van der Waals surface area contributed by atoms with Gasteiger partial charge in [-0.2, -0.15) is 0 Å². The lowest BCUT2D eigenvalue weighted by Gasteiger charge is -2.29. The molecule has 0 aliphatic carbocycles. The molecule has 0 bridgehead atoms. The Hall–Kier alpha value is -3.82. The van der Waals surface area contributed by atoms with Gasteiger partial charge in [-0.05, 0) is 97.6 Å². The summed E-state index contributed by atoms with van der Waals surface area (Å²) >= 11 is 0. The van der Waals surface area contributed by atoms with Crippen molar-refractivity contribution in [2.75, 3.05) is 0 Å². The zero-order chi connectivity index (χ0) is 29.1. The summed E-state index contributed by atoms with van der Waals surface area (Å²) in [7, 11) is -1.55. The van der Waals surface area contributed by atoms with Gasteiger partial charge in [-0.15, -0.1) is 0 Å². The van der Waals surface area contributed by atoms with E-state index < -0.39 is 15.8 Å². The van der Waals surface area contributed by atoms with Gasteiger partial charge in [-0.3, -0.25) is 0 Å². The van der Waals surface area contributed by atoms with Crippen molar-refractivity contribution in [2.45, 2.75) is 27.7 Å². The molecule has 0 fully saturated rings. The molecule has 0 saturated heterocycles. The number of rotatable bonds is 7. The monoisotopic (exact) mass is 578 g/mol. The standard InChI is InChI=1S/C40H36P2/c1-29-25-31(3)39(37(27-29)41(33-17-9-5-10-18-33)34-19-11-6-12-20-34)40-32(4)26-30(2)28-38(40)42(35-21-13-7-14-22-35)36-23-15-8-16-24-36/h5-28H,1-4H3. The molecule has 2 heteroatoms. The third-order valence-corrected chi connectivity index (χ3v) is 12.6. The van der Waals surface area contributed by atoms with Crippen LogP contribution in [0.1, 0.15) is 22.3 Å². The first-order valence-corrected chi connectivity index (χ1v) is 17.2. The maximum atomic E-state index is 2.46. The predicted molar refractivity (Wildman–Crippen MR) is 188 cm³/mol. The molecule has 0 N–H and O–H groups in total. The van der Waals surface area contributed by atoms with Crippen molar-refractivity contribution in [3.05, 3.63) is 168 Å². The van der Waals surface area contributed by atoms with Crippen LogP contribution >= 0.6 is 15.8 Å². The van der Waals surface area contributed by atoms with Crippen LogP contribution in [0.3, 0.4) is 0 Å². The maximum absolute atomic E-state index is 2.46. The van der Waals surface area contributed by atoms with Crippen molar-refractivity contribution in [1.29, 1.82) is 0 Å². The van der Waals surface area contributed by atoms with Crippen LogP contribution in [0.15, 0.2) is 146 Å². The van der Waals surface area contributed by atoms with Gasteiger partial charge in [0.1, 0.15) is 0 Å². The minimum Gasteiger partial charge on any atom is -0.0622 e. The highest BCUT2D eigenvalue weighted by Gasteiger charge is 2.27. The molecule has 0 aromatic heterocycles. The van der Waals surface area contributed by atoms with E-state index in [0.29, 0.717) is 0 Å². The van der Waals surface area contributed by atoms with Gasteiger partial charge in [0, 0.05) is 0 Å². The summed E-state index contributed by atoms with van der Waals surface area (Å²) in [5, 5.41) is 8.39. The van der Waals surface area contributed by atoms with Crippen molar-refractivity contribution in [3.63, 3.8) is 0 Å². The molecular weight excluding hydrogens is 542 g/mol. The highest BCUT2D eigenvalue weighted by atomic mass is 31.1. The molecule has 6 aromatic rings. The highest BCUT2D eigenvalue weighted by molar-refractivity contribution is 7.80. The van der Waals surface area contributed by atoms with Crippen molar-refractivity contribution in [3.8, 4) is 11.1 Å². The van der Waals surface area contributed by atoms with Gasteiger partial charge < -0.3 is 0 Å². The SMILES string of the molecule is Cc1cc(C)c(-c2c(C)cc(C)cc2P(c2ccccc2)c2ccccc2)c(P(c2ccccc2)c2ccccc2)c1. The fraction of sp³-hybridized carbons (Fsp3) is 0.100. The van der Waals surface area contributed by atoms with E-state index in [1.54, 1.807) is 0 Å². The third kappa shape index (κ3) is 5.76. The van der Waals surface area contributed by atoms with Crippen LogP contribution in [0.5, 0.6) is 0 Å². The van der Waals surface area contributed by atoms with Gasteiger partial charge in [0.25, 0.3) is 0 Å². The van der Waals surface area contributed by atoms with Crippen LogP contribution in [0, 0.1) is 27.7 Å². The largest absolute Gasteiger partial charge is 0.0622 e. The summed E-state index contributed by atoms with van der Waals surface area (Å²) in [6.45, 7) is 9.11. The van der Waals surface area contributed by atoms with Crippen LogP contribution in [-0.2, 0) is 0 Å². The van der Waals surface area contributed by atoms with Crippen molar-refractivity contribution < 1.29 is 0 Å². The average molecular weight is 579 g/mol. The Morgan fingerprint density at radius 3 is 0.857 bits per heavy atom. The van der Waals surface area contributed by atoms with E-state index in [4.69, 9.17) is 0 Å². The molecule has 0 atom stereocenters. The van der Waals surface area contributed by atoms with Gasteiger partial charge in [-0.1, -0.05) is 157 Å². The van der Waals surface area contributed by atoms with Gasteiger partial charge in [0.05, 0.1) is 0 Å². The topological polar surface area (TPSA) is 0 Å². The summed E-state index contributed by atoms with van der Waals surface area (Å²) in [5.74, 6) is 0. The van der Waals surface area contributed by atoms with E-state index >= 15 is 0 Å². The van der Waals surface area contributed by atoms with Crippen LogP contribution in [-0.4, -0.2) is 0 Å². The average Bonchev–Trinajstić information content (AvgIpc) is 3.00. The Morgan fingerprint density at radius 1 is 0.333 bits per heavy atom. The molecule has 0 unspecified atom stereocenters. The Morgan fingerprint density at radius 2 is 0.595 bits per heavy atom. The lowest BCUT2D eigenvalue weighted by molar-refractivity contribution is 1.36. The third-order valence-electron chi connectivity index (χ3n) is 7.71. The van der Waals surface area contributed by atoms with Gasteiger partial charge in [0.2, 0.25) is 0 Å². The van der Waals surface area contributed by atoms with Crippen LogP contribution in [0.2, 0.25) is 0 Å². The number of aryl methyl sites for hydroxylation is 4. The summed E-state index contributed by atoms with van der Waals surface area (Å²) in [6.07, 6.45) is 0. The van der Waals surface area contributed by atoms with E-state index in [-0.39, 0.29) is 0 Å². The zero-order valence-corrected chi connectivity index (χ0v) is 26.5. The second-order valence-corrected chi connectivity index (χ2v) is 15.3. The minimum atomic E-state index is -0.776. The van der Waals surface area contributed by atoms with E-state index in [1.807, 2.05) is 0 Å². The number of hydrogen-bond donors (Lipinski definition) is 0. The first-order valence-electron chi connectivity index (χ1n) is 14.5. The van der Waals surface area contributed by atoms with Crippen LogP contribution < -0.4 is 31.8 Å². The first-order chi connectivity index (χ1) is 20.5. The Bertz CT molecular complexity index is 1580. The molecule has 0 saturated carbocycles. The fourth-order valence-corrected chi connectivity index (χ4v) is 11.3. The van der Waals surface area contributed by atoms with E-state index in [2.05, 4.69) is 173 Å². The van der Waals surface area contributed by atoms with Gasteiger partial charge in [0.15, 0.2) is 0 Å². The van der Waals surface area contributed by atoms with E-state index in [1.165, 1.54) is 65.2 Å². The second-order valence-electron chi connectivity index (χ2n) is 11.0. The summed E-state index contributed by atoms with van der Waals surface area (Å²) in [4.78, 5) is 0. The lowest BCUT2D eigenvalue weighted by atomic mass is 9.94. The molecule has 42 heavy (non-hydrogen) atoms. The highest BCUT2D eigenvalue weighted by Crippen LogP contribution is 2.43. The molecule has 0 amide bonds. The Balaban J connectivity index is 1.69. The summed E-state index contributed by atoms with van der Waals surface area (Å²) in [6, 6.07) is 54.1. The van der Waals surface area contributed by atoms with Crippen molar-refractivity contribution in [1.82, 2.24) is 0 Å². The van der Waals surface area contributed by atoms with Crippen LogP contribution in [0.25, 0.3) is 11.1 Å². The molecule has 0 heterocycles. The summed E-state index contributed by atoms with van der Waals surface area (Å²) in [5.41, 5.74) is 8.09.